The Morgan fingerprint density at radius 2 is 1.66 bits per heavy atom. The molecule has 0 spiro atoms. The highest BCUT2D eigenvalue weighted by Crippen LogP contribution is 2.30. The number of piperazine rings is 1. The van der Waals surface area contributed by atoms with Crippen LogP contribution in [0.2, 0.25) is 0 Å². The molecule has 7 heteroatoms. The second kappa shape index (κ2) is 7.95. The van der Waals surface area contributed by atoms with E-state index in [2.05, 4.69) is 51.1 Å². The summed E-state index contributed by atoms with van der Waals surface area (Å²) in [5, 5.41) is 3.30. The van der Waals surface area contributed by atoms with Crippen molar-refractivity contribution in [1.82, 2.24) is 9.97 Å². The lowest BCUT2D eigenvalue weighted by Crippen LogP contribution is -2.47. The van der Waals surface area contributed by atoms with E-state index in [4.69, 9.17) is 5.73 Å². The van der Waals surface area contributed by atoms with Gasteiger partial charge < -0.3 is 20.9 Å². The monoisotopic (exact) mass is 392 g/mol. The summed E-state index contributed by atoms with van der Waals surface area (Å²) in [5.74, 6) is 1.11. The molecule has 2 aromatic carbocycles. The van der Waals surface area contributed by atoms with Gasteiger partial charge in [-0.2, -0.15) is 0 Å². The van der Waals surface area contributed by atoms with Gasteiger partial charge in [-0.15, -0.1) is 0 Å². The fourth-order valence-corrected chi connectivity index (χ4v) is 3.56. The Morgan fingerprint density at radius 3 is 2.38 bits per heavy atom. The summed E-state index contributed by atoms with van der Waals surface area (Å²) in [6, 6.07) is 13.0. The van der Waals surface area contributed by atoms with Crippen LogP contribution in [0.1, 0.15) is 11.1 Å². The number of anilines is 5. The van der Waals surface area contributed by atoms with Gasteiger partial charge in [-0.05, 0) is 49.2 Å². The first-order valence-corrected chi connectivity index (χ1v) is 9.72. The molecule has 150 valence electrons. The van der Waals surface area contributed by atoms with E-state index in [1.165, 1.54) is 23.5 Å². The molecule has 0 atom stereocenters. The zero-order valence-electron chi connectivity index (χ0n) is 16.7. The summed E-state index contributed by atoms with van der Waals surface area (Å²) in [6.45, 7) is 6.97. The van der Waals surface area contributed by atoms with Gasteiger partial charge >= 0.3 is 0 Å². The van der Waals surface area contributed by atoms with Crippen LogP contribution in [0.3, 0.4) is 0 Å². The molecule has 1 aliphatic rings. The molecular weight excluding hydrogens is 367 g/mol. The van der Waals surface area contributed by atoms with Crippen molar-refractivity contribution in [3.05, 3.63) is 65.7 Å². The quantitative estimate of drug-likeness (QED) is 0.702. The van der Waals surface area contributed by atoms with Crippen LogP contribution in [-0.2, 0) is 0 Å². The first kappa shape index (κ1) is 19.0. The second-order valence-corrected chi connectivity index (χ2v) is 7.31. The summed E-state index contributed by atoms with van der Waals surface area (Å²) >= 11 is 0. The van der Waals surface area contributed by atoms with Gasteiger partial charge in [0.05, 0.1) is 5.69 Å². The maximum Gasteiger partial charge on any atom is 0.159 e. The summed E-state index contributed by atoms with van der Waals surface area (Å²) in [4.78, 5) is 12.9. The highest BCUT2D eigenvalue weighted by atomic mass is 19.1. The van der Waals surface area contributed by atoms with Crippen molar-refractivity contribution < 1.29 is 4.39 Å². The standard InChI is InChI=1S/C22H25FN6/c1-15-7-8-17(13-16(15)2)27-21-20(24)22(26-14-25-21)29-11-9-28(10-12-29)19-6-4-3-5-18(19)23/h3-8,13-14H,9-12,24H2,1-2H3,(H,25,26,27). The molecule has 3 aromatic rings. The van der Waals surface area contributed by atoms with Gasteiger partial charge in [0.2, 0.25) is 0 Å². The summed E-state index contributed by atoms with van der Waals surface area (Å²) < 4.78 is 14.1. The number of hydrogen-bond acceptors (Lipinski definition) is 6. The molecule has 1 saturated heterocycles. The number of nitrogen functional groups attached to an aromatic ring is 1. The van der Waals surface area contributed by atoms with Gasteiger partial charge in [-0.3, -0.25) is 0 Å². The Labute approximate surface area is 170 Å². The van der Waals surface area contributed by atoms with Crippen molar-refractivity contribution in [1.29, 1.82) is 0 Å². The zero-order chi connectivity index (χ0) is 20.4. The Balaban J connectivity index is 1.49. The summed E-state index contributed by atoms with van der Waals surface area (Å²) in [6.07, 6.45) is 1.53. The molecule has 2 heterocycles. The van der Waals surface area contributed by atoms with Crippen LogP contribution in [0.15, 0.2) is 48.8 Å². The van der Waals surface area contributed by atoms with Crippen molar-refractivity contribution in [2.24, 2.45) is 0 Å². The van der Waals surface area contributed by atoms with E-state index in [0.29, 0.717) is 49.2 Å². The number of aryl methyl sites for hydroxylation is 2. The molecule has 1 aromatic heterocycles. The zero-order valence-corrected chi connectivity index (χ0v) is 16.7. The third kappa shape index (κ3) is 3.94. The van der Waals surface area contributed by atoms with Crippen molar-refractivity contribution in [3.8, 4) is 0 Å². The van der Waals surface area contributed by atoms with E-state index < -0.39 is 0 Å². The first-order valence-electron chi connectivity index (χ1n) is 9.72. The number of hydrogen-bond donors (Lipinski definition) is 2. The molecular formula is C22H25FN6. The summed E-state index contributed by atoms with van der Waals surface area (Å²) in [5.41, 5.74) is 10.9. The van der Waals surface area contributed by atoms with Crippen LogP contribution in [0.25, 0.3) is 0 Å². The first-order chi connectivity index (χ1) is 14.0. The fraction of sp³-hybridized carbons (Fsp3) is 0.273. The van der Waals surface area contributed by atoms with Crippen LogP contribution in [0, 0.1) is 19.7 Å². The predicted octanol–water partition coefficient (Wildman–Crippen LogP) is 3.88. The topological polar surface area (TPSA) is 70.3 Å². The van der Waals surface area contributed by atoms with Gasteiger partial charge in [-0.1, -0.05) is 18.2 Å². The van der Waals surface area contributed by atoms with Crippen LogP contribution < -0.4 is 20.9 Å². The third-order valence-corrected chi connectivity index (χ3v) is 5.40. The molecule has 0 saturated carbocycles. The van der Waals surface area contributed by atoms with Crippen molar-refractivity contribution in [2.45, 2.75) is 13.8 Å². The van der Waals surface area contributed by atoms with Gasteiger partial charge in [0.25, 0.3) is 0 Å². The van der Waals surface area contributed by atoms with Gasteiger partial charge in [-0.25, -0.2) is 14.4 Å². The average molecular weight is 392 g/mol. The van der Waals surface area contributed by atoms with Gasteiger partial charge in [0, 0.05) is 31.9 Å². The maximum atomic E-state index is 14.1. The smallest absolute Gasteiger partial charge is 0.159 e. The molecule has 1 fully saturated rings. The molecule has 0 amide bonds. The third-order valence-electron chi connectivity index (χ3n) is 5.40. The molecule has 0 aliphatic carbocycles. The number of para-hydroxylation sites is 1. The van der Waals surface area contributed by atoms with Crippen molar-refractivity contribution in [3.63, 3.8) is 0 Å². The number of nitrogens with two attached hydrogens (primary N) is 1. The Kier molecular flexibility index (Phi) is 5.20. The molecule has 0 unspecified atom stereocenters. The molecule has 1 aliphatic heterocycles. The lowest BCUT2D eigenvalue weighted by molar-refractivity contribution is 0.596. The van der Waals surface area contributed by atoms with Crippen LogP contribution in [0.5, 0.6) is 0 Å². The minimum Gasteiger partial charge on any atom is -0.393 e. The number of nitrogens with one attached hydrogen (secondary N) is 1. The molecule has 0 bridgehead atoms. The van der Waals surface area contributed by atoms with Crippen LogP contribution >= 0.6 is 0 Å². The molecule has 6 nitrogen and oxygen atoms in total. The highest BCUT2D eigenvalue weighted by molar-refractivity contribution is 5.78. The fourth-order valence-electron chi connectivity index (χ4n) is 3.56. The summed E-state index contributed by atoms with van der Waals surface area (Å²) in [7, 11) is 0. The van der Waals surface area contributed by atoms with E-state index in [9.17, 15) is 4.39 Å². The number of aromatic nitrogens is 2. The number of rotatable bonds is 4. The lowest BCUT2D eigenvalue weighted by Gasteiger charge is -2.37. The molecule has 3 N–H and O–H groups in total. The van der Waals surface area contributed by atoms with E-state index in [0.717, 1.165) is 5.69 Å². The molecule has 0 radical (unpaired) electrons. The number of halogens is 1. The maximum absolute atomic E-state index is 14.1. The van der Waals surface area contributed by atoms with Gasteiger partial charge in [0.1, 0.15) is 17.8 Å². The average Bonchev–Trinajstić information content (AvgIpc) is 2.73. The van der Waals surface area contributed by atoms with Crippen molar-refractivity contribution in [2.75, 3.05) is 47.0 Å². The minimum atomic E-state index is -0.192. The Hall–Kier alpha value is -3.35. The highest BCUT2D eigenvalue weighted by Gasteiger charge is 2.22. The number of nitrogens with zero attached hydrogens (tertiary/aromatic N) is 4. The normalized spacial score (nSPS) is 14.2. The van der Waals surface area contributed by atoms with Crippen molar-refractivity contribution >= 4 is 28.7 Å². The number of benzene rings is 2. The van der Waals surface area contributed by atoms with E-state index in [-0.39, 0.29) is 5.82 Å². The molecule has 4 rings (SSSR count). The van der Waals surface area contributed by atoms with Crippen LogP contribution in [0.4, 0.5) is 33.1 Å². The van der Waals surface area contributed by atoms with E-state index in [1.807, 2.05) is 18.2 Å². The predicted molar refractivity (Wildman–Crippen MR) is 116 cm³/mol. The SMILES string of the molecule is Cc1ccc(Nc2ncnc(N3CCN(c4ccccc4F)CC3)c2N)cc1C. The van der Waals surface area contributed by atoms with E-state index in [1.54, 1.807) is 6.07 Å². The lowest BCUT2D eigenvalue weighted by atomic mass is 10.1. The van der Waals surface area contributed by atoms with Crippen LogP contribution in [-0.4, -0.2) is 36.1 Å². The van der Waals surface area contributed by atoms with E-state index >= 15 is 0 Å². The van der Waals surface area contributed by atoms with Gasteiger partial charge in [0.15, 0.2) is 11.6 Å². The molecule has 29 heavy (non-hydrogen) atoms. The minimum absolute atomic E-state index is 0.192. The Morgan fingerprint density at radius 1 is 0.931 bits per heavy atom. The largest absolute Gasteiger partial charge is 0.393 e. The second-order valence-electron chi connectivity index (χ2n) is 7.31. The Bertz CT molecular complexity index is 1010.